The molecule has 0 unspecified atom stereocenters. The van der Waals surface area contributed by atoms with Crippen molar-refractivity contribution in [3.05, 3.63) is 65.3 Å². The van der Waals surface area contributed by atoms with Gasteiger partial charge in [-0.2, -0.15) is 0 Å². The number of aromatic nitrogens is 1. The van der Waals surface area contributed by atoms with Gasteiger partial charge in [0.15, 0.2) is 0 Å². The Labute approximate surface area is 147 Å². The average Bonchev–Trinajstić information content (AvgIpc) is 2.57. The van der Waals surface area contributed by atoms with Crippen molar-refractivity contribution in [3.8, 4) is 0 Å². The number of benzene rings is 2. The molecule has 0 saturated heterocycles. The summed E-state index contributed by atoms with van der Waals surface area (Å²) in [7, 11) is 0. The summed E-state index contributed by atoms with van der Waals surface area (Å²) in [5.41, 5.74) is 1.66. The molecule has 1 amide bonds. The number of thioether (sulfide) groups is 1. The molecule has 1 atom stereocenters. The molecule has 2 aromatic carbocycles. The fourth-order valence-corrected chi connectivity index (χ4v) is 3.68. The maximum atomic E-state index is 12.5. The highest BCUT2D eigenvalue weighted by atomic mass is 79.9. The third-order valence-electron chi connectivity index (χ3n) is 3.41. The minimum atomic E-state index is -0.208. The van der Waals surface area contributed by atoms with Gasteiger partial charge in [0, 0.05) is 21.0 Å². The Kier molecular flexibility index (Phi) is 4.98. The summed E-state index contributed by atoms with van der Waals surface area (Å²) >= 11 is 5.04. The summed E-state index contributed by atoms with van der Waals surface area (Å²) in [5.74, 6) is -0.0258. The van der Waals surface area contributed by atoms with Gasteiger partial charge < -0.3 is 5.32 Å². The molecule has 5 heteroatoms. The number of nitrogens with one attached hydrogen (secondary N) is 1. The molecule has 3 aromatic rings. The van der Waals surface area contributed by atoms with Gasteiger partial charge in [-0.1, -0.05) is 18.2 Å². The molecule has 0 aliphatic rings. The Morgan fingerprint density at radius 3 is 2.78 bits per heavy atom. The smallest absolute Gasteiger partial charge is 0.237 e. The monoisotopic (exact) mass is 386 g/mol. The molecule has 3 rings (SSSR count). The first-order chi connectivity index (χ1) is 11.1. The largest absolute Gasteiger partial charge is 0.324 e. The maximum absolute atomic E-state index is 12.5. The van der Waals surface area contributed by atoms with Crippen LogP contribution in [0.4, 0.5) is 5.69 Å². The van der Waals surface area contributed by atoms with Crippen LogP contribution < -0.4 is 5.32 Å². The second-order valence-corrected chi connectivity index (χ2v) is 7.29. The summed E-state index contributed by atoms with van der Waals surface area (Å²) < 4.78 is 0.999. The van der Waals surface area contributed by atoms with E-state index in [1.807, 2.05) is 61.5 Å². The van der Waals surface area contributed by atoms with Gasteiger partial charge in [-0.15, -0.1) is 11.8 Å². The van der Waals surface area contributed by atoms with Gasteiger partial charge in [-0.05, 0) is 59.3 Å². The van der Waals surface area contributed by atoms with Crippen molar-refractivity contribution < 1.29 is 4.79 Å². The molecular weight excluding hydrogens is 372 g/mol. The minimum Gasteiger partial charge on any atom is -0.324 e. The first kappa shape index (κ1) is 16.0. The molecule has 0 aliphatic heterocycles. The molecule has 0 radical (unpaired) electrons. The van der Waals surface area contributed by atoms with Crippen LogP contribution >= 0.6 is 27.7 Å². The third-order valence-corrected chi connectivity index (χ3v) is 5.54. The molecule has 1 aromatic heterocycles. The normalized spacial score (nSPS) is 12.1. The van der Waals surface area contributed by atoms with Crippen LogP contribution in [0.15, 0.2) is 70.2 Å². The van der Waals surface area contributed by atoms with Crippen LogP contribution in [0.1, 0.15) is 6.92 Å². The van der Waals surface area contributed by atoms with E-state index >= 15 is 0 Å². The van der Waals surface area contributed by atoms with Crippen molar-refractivity contribution in [2.45, 2.75) is 17.1 Å². The molecule has 1 N–H and O–H groups in total. The van der Waals surface area contributed by atoms with Gasteiger partial charge >= 0.3 is 0 Å². The van der Waals surface area contributed by atoms with E-state index in [9.17, 15) is 4.79 Å². The van der Waals surface area contributed by atoms with E-state index in [0.717, 1.165) is 26.0 Å². The van der Waals surface area contributed by atoms with Gasteiger partial charge in [0.2, 0.25) is 5.91 Å². The van der Waals surface area contributed by atoms with Crippen molar-refractivity contribution in [1.82, 2.24) is 4.98 Å². The average molecular weight is 387 g/mol. The highest BCUT2D eigenvalue weighted by molar-refractivity contribution is 9.10. The first-order valence-electron chi connectivity index (χ1n) is 7.21. The lowest BCUT2D eigenvalue weighted by Crippen LogP contribution is -2.22. The van der Waals surface area contributed by atoms with E-state index < -0.39 is 0 Å². The van der Waals surface area contributed by atoms with Crippen molar-refractivity contribution >= 4 is 50.2 Å². The van der Waals surface area contributed by atoms with Crippen LogP contribution in [0.25, 0.3) is 10.9 Å². The van der Waals surface area contributed by atoms with Crippen molar-refractivity contribution in [2.75, 3.05) is 5.32 Å². The topological polar surface area (TPSA) is 42.0 Å². The van der Waals surface area contributed by atoms with Crippen LogP contribution in [-0.4, -0.2) is 16.1 Å². The van der Waals surface area contributed by atoms with E-state index in [-0.39, 0.29) is 11.2 Å². The number of carbonyl (C=O) groups is 1. The van der Waals surface area contributed by atoms with Crippen molar-refractivity contribution in [3.63, 3.8) is 0 Å². The van der Waals surface area contributed by atoms with E-state index in [1.165, 1.54) is 11.8 Å². The quantitative estimate of drug-likeness (QED) is 0.632. The first-order valence-corrected chi connectivity index (χ1v) is 8.88. The SMILES string of the molecule is C[C@H](Sc1ccccc1Br)C(=O)Nc1cccc2ncccc12. The molecule has 0 spiro atoms. The van der Waals surface area contributed by atoms with E-state index in [2.05, 4.69) is 26.2 Å². The molecule has 1 heterocycles. The summed E-state index contributed by atoms with van der Waals surface area (Å²) in [6.07, 6.45) is 1.75. The van der Waals surface area contributed by atoms with E-state index in [4.69, 9.17) is 0 Å². The number of halogens is 1. The summed E-state index contributed by atoms with van der Waals surface area (Å²) in [5, 5.41) is 3.75. The van der Waals surface area contributed by atoms with Crippen molar-refractivity contribution in [1.29, 1.82) is 0 Å². The molecule has 0 aliphatic carbocycles. The molecule has 3 nitrogen and oxygen atoms in total. The molecule has 23 heavy (non-hydrogen) atoms. The fourth-order valence-electron chi connectivity index (χ4n) is 2.23. The van der Waals surface area contributed by atoms with Crippen LogP contribution in [0.2, 0.25) is 0 Å². The van der Waals surface area contributed by atoms with Gasteiger partial charge in [-0.25, -0.2) is 0 Å². The van der Waals surface area contributed by atoms with Crippen LogP contribution in [0, 0.1) is 0 Å². The van der Waals surface area contributed by atoms with Gasteiger partial charge in [-0.3, -0.25) is 9.78 Å². The number of hydrogen-bond donors (Lipinski definition) is 1. The molecule has 116 valence electrons. The van der Waals surface area contributed by atoms with E-state index in [0.29, 0.717) is 0 Å². The van der Waals surface area contributed by atoms with Crippen molar-refractivity contribution in [2.24, 2.45) is 0 Å². The second kappa shape index (κ2) is 7.15. The van der Waals surface area contributed by atoms with Crippen LogP contribution in [0.5, 0.6) is 0 Å². The molecule has 0 fully saturated rings. The number of amides is 1. The zero-order chi connectivity index (χ0) is 16.2. The number of pyridine rings is 1. The minimum absolute atomic E-state index is 0.0258. The Balaban J connectivity index is 1.77. The molecule has 0 bridgehead atoms. The standard InChI is InChI=1S/C18H15BrN2OS/c1-12(23-17-10-3-2-7-14(17)19)18(22)21-16-9-4-8-15-13(16)6-5-11-20-15/h2-12H,1H3,(H,21,22)/t12-/m0/s1. The van der Waals surface area contributed by atoms with Gasteiger partial charge in [0.25, 0.3) is 0 Å². The number of anilines is 1. The van der Waals surface area contributed by atoms with Crippen LogP contribution in [0.3, 0.4) is 0 Å². The predicted octanol–water partition coefficient (Wildman–Crippen LogP) is 5.12. The van der Waals surface area contributed by atoms with Crippen LogP contribution in [-0.2, 0) is 4.79 Å². The number of carbonyl (C=O) groups excluding carboxylic acids is 1. The lowest BCUT2D eigenvalue weighted by Gasteiger charge is -2.14. The third kappa shape index (κ3) is 3.74. The highest BCUT2D eigenvalue weighted by Crippen LogP contribution is 2.31. The number of rotatable bonds is 4. The predicted molar refractivity (Wildman–Crippen MR) is 99.8 cm³/mol. The number of nitrogens with zero attached hydrogens (tertiary/aromatic N) is 1. The number of fused-ring (bicyclic) bond motifs is 1. The molecule has 0 saturated carbocycles. The van der Waals surface area contributed by atoms with E-state index in [1.54, 1.807) is 6.20 Å². The Morgan fingerprint density at radius 1 is 1.13 bits per heavy atom. The Bertz CT molecular complexity index is 848. The Morgan fingerprint density at radius 2 is 1.96 bits per heavy atom. The van der Waals surface area contributed by atoms with Gasteiger partial charge in [0.1, 0.15) is 0 Å². The summed E-state index contributed by atoms with van der Waals surface area (Å²) in [4.78, 5) is 17.9. The lowest BCUT2D eigenvalue weighted by atomic mass is 10.2. The second-order valence-electron chi connectivity index (χ2n) is 5.06. The number of hydrogen-bond acceptors (Lipinski definition) is 3. The lowest BCUT2D eigenvalue weighted by molar-refractivity contribution is -0.115. The Hall–Kier alpha value is -1.85. The zero-order valence-corrected chi connectivity index (χ0v) is 14.9. The maximum Gasteiger partial charge on any atom is 0.237 e. The fraction of sp³-hybridized carbons (Fsp3) is 0.111. The van der Waals surface area contributed by atoms with Gasteiger partial charge in [0.05, 0.1) is 16.5 Å². The summed E-state index contributed by atoms with van der Waals surface area (Å²) in [6, 6.07) is 17.5. The summed E-state index contributed by atoms with van der Waals surface area (Å²) in [6.45, 7) is 1.91. The zero-order valence-electron chi connectivity index (χ0n) is 12.5. The molecular formula is C18H15BrN2OS. The highest BCUT2D eigenvalue weighted by Gasteiger charge is 2.16.